The Morgan fingerprint density at radius 2 is 1.88 bits per heavy atom. The molecule has 1 aliphatic heterocycles. The number of benzene rings is 1. The molecule has 6 nitrogen and oxygen atoms in total. The fourth-order valence-corrected chi connectivity index (χ4v) is 3.03. The number of nitrogens with two attached hydrogens (primary N) is 1. The summed E-state index contributed by atoms with van der Waals surface area (Å²) in [6, 6.07) is 9.20. The van der Waals surface area contributed by atoms with Crippen LogP contribution in [-0.4, -0.2) is 20.7 Å². The molecule has 3 atom stereocenters. The molecule has 25 heavy (non-hydrogen) atoms. The number of nitrogens with one attached hydrogen (secondary N) is 1. The maximum absolute atomic E-state index is 12.5. The fraction of sp³-hybridized carbons (Fsp3) is 0.471. The van der Waals surface area contributed by atoms with Crippen LogP contribution in [0.3, 0.4) is 0 Å². The Bertz CT molecular complexity index is 692. The van der Waals surface area contributed by atoms with Crippen LogP contribution in [0.1, 0.15) is 49.6 Å². The van der Waals surface area contributed by atoms with Crippen molar-refractivity contribution in [2.75, 3.05) is 0 Å². The lowest BCUT2D eigenvalue weighted by Gasteiger charge is -2.22. The van der Waals surface area contributed by atoms with Crippen LogP contribution in [0.2, 0.25) is 0 Å². The minimum Gasteiger partial charge on any atom is -0.346 e. The van der Waals surface area contributed by atoms with E-state index in [0.29, 0.717) is 0 Å². The number of nitrogens with zero attached hydrogens (tertiary/aromatic N) is 3. The van der Waals surface area contributed by atoms with E-state index in [1.165, 1.54) is 0 Å². The van der Waals surface area contributed by atoms with E-state index in [4.69, 9.17) is 5.73 Å². The third-order valence-corrected chi connectivity index (χ3v) is 4.52. The molecule has 3 unspecified atom stereocenters. The number of halogens is 2. The zero-order chi connectivity index (χ0) is 16.4. The van der Waals surface area contributed by atoms with Crippen molar-refractivity contribution < 1.29 is 4.79 Å². The van der Waals surface area contributed by atoms with Gasteiger partial charge in [0.1, 0.15) is 5.82 Å². The molecular weight excluding hydrogens is 361 g/mol. The van der Waals surface area contributed by atoms with Gasteiger partial charge < -0.3 is 15.6 Å². The lowest BCUT2D eigenvalue weighted by molar-refractivity contribution is -0.125. The van der Waals surface area contributed by atoms with Gasteiger partial charge in [0.2, 0.25) is 5.91 Å². The van der Waals surface area contributed by atoms with Gasteiger partial charge >= 0.3 is 0 Å². The van der Waals surface area contributed by atoms with E-state index in [2.05, 4.69) is 20.1 Å². The number of aryl methyl sites for hydroxylation is 1. The maximum atomic E-state index is 12.5. The highest BCUT2D eigenvalue weighted by Crippen LogP contribution is 2.22. The Balaban J connectivity index is 0.00000156. The maximum Gasteiger partial charge on any atom is 0.225 e. The van der Waals surface area contributed by atoms with E-state index in [0.717, 1.165) is 36.6 Å². The second-order valence-corrected chi connectivity index (χ2v) is 6.19. The molecule has 2 aromatic rings. The van der Waals surface area contributed by atoms with Gasteiger partial charge in [-0.3, -0.25) is 4.79 Å². The predicted molar refractivity (Wildman–Crippen MR) is 102 cm³/mol. The first kappa shape index (κ1) is 21.4. The highest BCUT2D eigenvalue weighted by atomic mass is 35.5. The summed E-state index contributed by atoms with van der Waals surface area (Å²) in [5.74, 6) is 1.45. The van der Waals surface area contributed by atoms with Crippen molar-refractivity contribution >= 4 is 30.7 Å². The molecule has 0 saturated heterocycles. The normalized spacial score (nSPS) is 16.0. The van der Waals surface area contributed by atoms with Crippen molar-refractivity contribution in [3.8, 4) is 0 Å². The molecule has 0 bridgehead atoms. The van der Waals surface area contributed by atoms with Crippen LogP contribution in [0.5, 0.6) is 0 Å². The Morgan fingerprint density at radius 3 is 2.56 bits per heavy atom. The number of carbonyl (C=O) groups is 1. The average Bonchev–Trinajstić information content (AvgIpc) is 3.17. The van der Waals surface area contributed by atoms with Gasteiger partial charge in [0, 0.05) is 19.0 Å². The van der Waals surface area contributed by atoms with Gasteiger partial charge in [-0.1, -0.05) is 37.3 Å². The Morgan fingerprint density at radius 1 is 1.20 bits per heavy atom. The molecule has 3 N–H and O–H groups in total. The molecule has 3 rings (SSSR count). The molecule has 0 aliphatic carbocycles. The summed E-state index contributed by atoms with van der Waals surface area (Å²) in [4.78, 5) is 12.5. The molecule has 1 aromatic carbocycles. The minimum absolute atomic E-state index is 0. The van der Waals surface area contributed by atoms with E-state index in [1.54, 1.807) is 0 Å². The summed E-state index contributed by atoms with van der Waals surface area (Å²) in [7, 11) is 0. The van der Waals surface area contributed by atoms with Gasteiger partial charge in [-0.2, -0.15) is 0 Å². The molecule has 0 saturated carbocycles. The van der Waals surface area contributed by atoms with E-state index in [-0.39, 0.29) is 48.7 Å². The second kappa shape index (κ2) is 9.17. The third-order valence-electron chi connectivity index (χ3n) is 4.52. The van der Waals surface area contributed by atoms with Gasteiger partial charge in [0.15, 0.2) is 5.82 Å². The Hall–Kier alpha value is -1.63. The van der Waals surface area contributed by atoms with Crippen molar-refractivity contribution in [1.82, 2.24) is 20.1 Å². The van der Waals surface area contributed by atoms with Crippen LogP contribution in [0, 0.1) is 5.92 Å². The van der Waals surface area contributed by atoms with Crippen LogP contribution in [0.4, 0.5) is 0 Å². The molecule has 138 valence electrons. The van der Waals surface area contributed by atoms with Gasteiger partial charge in [-0.15, -0.1) is 35.0 Å². The number of carbonyl (C=O) groups excluding carboxylic acids is 1. The van der Waals surface area contributed by atoms with E-state index in [9.17, 15) is 4.79 Å². The zero-order valence-electron chi connectivity index (χ0n) is 14.4. The van der Waals surface area contributed by atoms with Crippen molar-refractivity contribution in [2.45, 2.75) is 45.3 Å². The largest absolute Gasteiger partial charge is 0.346 e. The van der Waals surface area contributed by atoms with E-state index in [1.807, 2.05) is 44.2 Å². The molecule has 8 heteroatoms. The number of fused-ring (bicyclic) bond motifs is 1. The van der Waals surface area contributed by atoms with Crippen LogP contribution in [0.25, 0.3) is 0 Å². The smallest absolute Gasteiger partial charge is 0.225 e. The van der Waals surface area contributed by atoms with Crippen molar-refractivity contribution in [1.29, 1.82) is 0 Å². The lowest BCUT2D eigenvalue weighted by atomic mass is 9.94. The first-order valence-corrected chi connectivity index (χ1v) is 8.11. The van der Waals surface area contributed by atoms with Crippen LogP contribution < -0.4 is 11.1 Å². The van der Waals surface area contributed by atoms with Crippen LogP contribution >= 0.6 is 24.8 Å². The molecule has 1 aliphatic rings. The van der Waals surface area contributed by atoms with Gasteiger partial charge in [0.05, 0.1) is 12.0 Å². The first-order chi connectivity index (χ1) is 11.1. The summed E-state index contributed by atoms with van der Waals surface area (Å²) in [5.41, 5.74) is 7.19. The fourth-order valence-electron chi connectivity index (χ4n) is 3.03. The predicted octanol–water partition coefficient (Wildman–Crippen LogP) is 2.58. The van der Waals surface area contributed by atoms with Crippen molar-refractivity contribution in [3.05, 3.63) is 47.5 Å². The summed E-state index contributed by atoms with van der Waals surface area (Å²) in [6.45, 7) is 4.72. The summed E-state index contributed by atoms with van der Waals surface area (Å²) in [6.07, 6.45) is 2.05. The second-order valence-electron chi connectivity index (χ2n) is 6.19. The molecule has 0 spiro atoms. The molecule has 0 fully saturated rings. The van der Waals surface area contributed by atoms with Crippen LogP contribution in [0.15, 0.2) is 30.3 Å². The lowest BCUT2D eigenvalue weighted by Crippen LogP contribution is -2.37. The number of hydrogen-bond acceptors (Lipinski definition) is 4. The minimum atomic E-state index is -0.326. The number of rotatable bonds is 5. The Kier molecular flexibility index (Phi) is 7.86. The summed E-state index contributed by atoms with van der Waals surface area (Å²) >= 11 is 0. The Labute approximate surface area is 160 Å². The first-order valence-electron chi connectivity index (χ1n) is 8.11. The molecule has 1 aromatic heterocycles. The molecule has 2 heterocycles. The quantitative estimate of drug-likeness (QED) is 0.827. The van der Waals surface area contributed by atoms with Gasteiger partial charge in [-0.25, -0.2) is 0 Å². The van der Waals surface area contributed by atoms with Crippen molar-refractivity contribution in [2.24, 2.45) is 11.7 Å². The number of hydrogen-bond donors (Lipinski definition) is 2. The standard InChI is InChI=1S/C17H23N5O.2ClH/c1-11(15(18)13-7-4-3-5-8-13)17(23)19-12(2)16-21-20-14-9-6-10-22(14)16;;/h3-5,7-8,11-12,15H,6,9-10,18H2,1-2H3,(H,19,23);2*1H. The van der Waals surface area contributed by atoms with Crippen molar-refractivity contribution in [3.63, 3.8) is 0 Å². The summed E-state index contributed by atoms with van der Waals surface area (Å²) < 4.78 is 2.10. The molecule has 0 radical (unpaired) electrons. The molecular formula is C17H25Cl2N5O. The van der Waals surface area contributed by atoms with E-state index >= 15 is 0 Å². The monoisotopic (exact) mass is 385 g/mol. The molecule has 1 amide bonds. The van der Waals surface area contributed by atoms with Gasteiger partial charge in [0.25, 0.3) is 0 Å². The number of amides is 1. The SMILES string of the molecule is CC(NC(=O)C(C)C(N)c1ccccc1)c1nnc2n1CCC2.Cl.Cl. The van der Waals surface area contributed by atoms with Gasteiger partial charge in [-0.05, 0) is 18.9 Å². The zero-order valence-corrected chi connectivity index (χ0v) is 16.0. The number of aromatic nitrogens is 3. The van der Waals surface area contributed by atoms with E-state index < -0.39 is 0 Å². The highest BCUT2D eigenvalue weighted by molar-refractivity contribution is 5.85. The average molecular weight is 386 g/mol. The topological polar surface area (TPSA) is 85.8 Å². The highest BCUT2D eigenvalue weighted by Gasteiger charge is 2.26. The van der Waals surface area contributed by atoms with Crippen LogP contribution in [-0.2, 0) is 17.8 Å². The summed E-state index contributed by atoms with van der Waals surface area (Å²) in [5, 5.41) is 11.4. The third kappa shape index (κ3) is 4.51.